The molecule has 4 nitrogen and oxygen atoms in total. The van der Waals surface area contributed by atoms with Crippen LogP contribution < -0.4 is 9.47 Å². The van der Waals surface area contributed by atoms with E-state index < -0.39 is 0 Å². The second-order valence-electron chi connectivity index (χ2n) is 7.33. The first-order chi connectivity index (χ1) is 15.1. The van der Waals surface area contributed by atoms with Crippen molar-refractivity contribution in [1.29, 1.82) is 0 Å². The number of hydrogen-bond donors (Lipinski definition) is 0. The first-order valence-electron chi connectivity index (χ1n) is 10.1. The molecule has 0 atom stereocenters. The zero-order valence-corrected chi connectivity index (χ0v) is 17.6. The molecule has 4 heteroatoms. The molecule has 0 amide bonds. The molecule has 0 aliphatic carbocycles. The second kappa shape index (κ2) is 9.35. The van der Waals surface area contributed by atoms with Crippen LogP contribution in [0.15, 0.2) is 84.9 Å². The Balaban J connectivity index is 1.43. The Morgan fingerprint density at radius 3 is 2.23 bits per heavy atom. The van der Waals surface area contributed by atoms with Crippen LogP contribution in [0.3, 0.4) is 0 Å². The average Bonchev–Trinajstić information content (AvgIpc) is 2.81. The van der Waals surface area contributed by atoms with Crippen LogP contribution in [0, 0.1) is 6.92 Å². The third-order valence-corrected chi connectivity index (χ3v) is 5.17. The number of carbonyl (C=O) groups excluding carboxylic acids is 1. The fourth-order valence-electron chi connectivity index (χ4n) is 3.55. The summed E-state index contributed by atoms with van der Waals surface area (Å²) >= 11 is 0. The molecule has 0 aliphatic heterocycles. The highest BCUT2D eigenvalue weighted by atomic mass is 16.5. The zero-order valence-electron chi connectivity index (χ0n) is 17.6. The Morgan fingerprint density at radius 2 is 1.45 bits per heavy atom. The van der Waals surface area contributed by atoms with Crippen molar-refractivity contribution in [2.24, 2.45) is 0 Å². The molecular formula is C27H24O4. The molecule has 4 aromatic rings. The van der Waals surface area contributed by atoms with Crippen molar-refractivity contribution in [2.45, 2.75) is 20.1 Å². The Kier molecular flexibility index (Phi) is 6.18. The molecule has 0 aliphatic rings. The van der Waals surface area contributed by atoms with Gasteiger partial charge in [0.05, 0.1) is 12.7 Å². The van der Waals surface area contributed by atoms with Crippen molar-refractivity contribution in [3.63, 3.8) is 0 Å². The lowest BCUT2D eigenvalue weighted by Gasteiger charge is -2.13. The van der Waals surface area contributed by atoms with Gasteiger partial charge in [0.1, 0.15) is 24.7 Å². The van der Waals surface area contributed by atoms with E-state index in [2.05, 4.69) is 30.3 Å². The van der Waals surface area contributed by atoms with E-state index in [-0.39, 0.29) is 12.6 Å². The molecule has 4 aromatic carbocycles. The van der Waals surface area contributed by atoms with Gasteiger partial charge in [0.15, 0.2) is 0 Å². The van der Waals surface area contributed by atoms with Crippen molar-refractivity contribution in [2.75, 3.05) is 7.11 Å². The predicted molar refractivity (Wildman–Crippen MR) is 122 cm³/mol. The van der Waals surface area contributed by atoms with Gasteiger partial charge >= 0.3 is 5.97 Å². The maximum atomic E-state index is 12.1. The van der Waals surface area contributed by atoms with Crippen LogP contribution in [0.5, 0.6) is 11.5 Å². The number of rotatable bonds is 7. The van der Waals surface area contributed by atoms with E-state index in [1.807, 2.05) is 61.5 Å². The highest BCUT2D eigenvalue weighted by Gasteiger charge is 2.15. The van der Waals surface area contributed by atoms with E-state index in [0.29, 0.717) is 17.9 Å². The first-order valence-corrected chi connectivity index (χ1v) is 10.1. The fourth-order valence-corrected chi connectivity index (χ4v) is 3.55. The van der Waals surface area contributed by atoms with Gasteiger partial charge in [0.2, 0.25) is 0 Å². The smallest absolute Gasteiger partial charge is 0.338 e. The maximum Gasteiger partial charge on any atom is 0.338 e. The van der Waals surface area contributed by atoms with E-state index in [1.54, 1.807) is 0 Å². The summed E-state index contributed by atoms with van der Waals surface area (Å²) in [4.78, 5) is 12.1. The second-order valence-corrected chi connectivity index (χ2v) is 7.33. The first kappa shape index (κ1) is 20.5. The number of methoxy groups -OCH3 is 1. The van der Waals surface area contributed by atoms with Crippen LogP contribution in [0.25, 0.3) is 10.8 Å². The topological polar surface area (TPSA) is 44.8 Å². The van der Waals surface area contributed by atoms with E-state index in [4.69, 9.17) is 14.2 Å². The highest BCUT2D eigenvalue weighted by Crippen LogP contribution is 2.24. The summed E-state index contributed by atoms with van der Waals surface area (Å²) in [5, 5.41) is 2.41. The molecular weight excluding hydrogens is 388 g/mol. The molecule has 156 valence electrons. The molecule has 0 fully saturated rings. The highest BCUT2D eigenvalue weighted by molar-refractivity contribution is 5.92. The minimum Gasteiger partial charge on any atom is -0.489 e. The summed E-state index contributed by atoms with van der Waals surface area (Å²) in [7, 11) is 1.38. The van der Waals surface area contributed by atoms with Gasteiger partial charge in [0.25, 0.3) is 0 Å². The van der Waals surface area contributed by atoms with Gasteiger partial charge in [-0.1, -0.05) is 60.7 Å². The maximum absolute atomic E-state index is 12.1. The van der Waals surface area contributed by atoms with E-state index in [9.17, 15) is 4.79 Å². The normalized spacial score (nSPS) is 10.6. The fraction of sp³-hybridized carbons (Fsp3) is 0.148. The van der Waals surface area contributed by atoms with E-state index in [0.717, 1.165) is 22.4 Å². The summed E-state index contributed by atoms with van der Waals surface area (Å²) in [5.41, 5.74) is 3.30. The lowest BCUT2D eigenvalue weighted by atomic mass is 10.0. The molecule has 0 unspecified atom stereocenters. The lowest BCUT2D eigenvalue weighted by Crippen LogP contribution is -2.10. The Morgan fingerprint density at radius 1 is 0.742 bits per heavy atom. The number of aryl methyl sites for hydroxylation is 1. The summed E-state index contributed by atoms with van der Waals surface area (Å²) < 4.78 is 16.8. The van der Waals surface area contributed by atoms with Gasteiger partial charge in [-0.2, -0.15) is 0 Å². The molecule has 0 spiro atoms. The van der Waals surface area contributed by atoms with Gasteiger partial charge in [-0.05, 0) is 47.0 Å². The van der Waals surface area contributed by atoms with Crippen molar-refractivity contribution >= 4 is 16.7 Å². The molecule has 0 N–H and O–H groups in total. The number of ether oxygens (including phenoxy) is 3. The molecule has 0 saturated heterocycles. The quantitative estimate of drug-likeness (QED) is 0.344. The zero-order chi connectivity index (χ0) is 21.6. The van der Waals surface area contributed by atoms with Crippen LogP contribution in [0.1, 0.15) is 27.0 Å². The third kappa shape index (κ3) is 4.86. The van der Waals surface area contributed by atoms with Gasteiger partial charge in [0, 0.05) is 11.6 Å². The number of carbonyl (C=O) groups is 1. The summed E-state index contributed by atoms with van der Waals surface area (Å²) in [5.74, 6) is 1.04. The molecule has 0 bridgehead atoms. The third-order valence-electron chi connectivity index (χ3n) is 5.17. The van der Waals surface area contributed by atoms with Crippen LogP contribution >= 0.6 is 0 Å². The number of fused-ring (bicyclic) bond motifs is 1. The Hall–Kier alpha value is -3.79. The summed E-state index contributed by atoms with van der Waals surface area (Å²) in [6.07, 6.45) is 0. The average molecular weight is 412 g/mol. The van der Waals surface area contributed by atoms with Crippen LogP contribution in [-0.2, 0) is 18.0 Å². The predicted octanol–water partition coefficient (Wildman–Crippen LogP) is 6.09. The lowest BCUT2D eigenvalue weighted by molar-refractivity contribution is 0.0597. The molecule has 0 aromatic heterocycles. The minimum absolute atomic E-state index is 0.264. The molecule has 4 rings (SSSR count). The SMILES string of the molecule is COC(=O)c1c(C)cccc1COc1cccc(OCc2ccc3ccccc3c2)c1. The van der Waals surface area contributed by atoms with E-state index >= 15 is 0 Å². The van der Waals surface area contributed by atoms with Crippen molar-refractivity contribution in [3.05, 3.63) is 107 Å². The van der Waals surface area contributed by atoms with Crippen LogP contribution in [0.4, 0.5) is 0 Å². The molecule has 0 heterocycles. The van der Waals surface area contributed by atoms with Crippen molar-refractivity contribution in [1.82, 2.24) is 0 Å². The number of benzene rings is 4. The monoisotopic (exact) mass is 412 g/mol. The number of hydrogen-bond acceptors (Lipinski definition) is 4. The van der Waals surface area contributed by atoms with Gasteiger partial charge in [-0.15, -0.1) is 0 Å². The molecule has 0 radical (unpaired) electrons. The van der Waals surface area contributed by atoms with Crippen molar-refractivity contribution in [3.8, 4) is 11.5 Å². The van der Waals surface area contributed by atoms with Gasteiger partial charge in [-0.3, -0.25) is 0 Å². The minimum atomic E-state index is -0.357. The van der Waals surface area contributed by atoms with Gasteiger partial charge < -0.3 is 14.2 Å². The standard InChI is InChI=1S/C27H24O4/c1-19-7-5-10-23(26(19)27(28)29-2)18-31-25-12-6-11-24(16-25)30-17-20-13-14-21-8-3-4-9-22(21)15-20/h3-16H,17-18H2,1-2H3. The Bertz CT molecular complexity index is 1210. The Labute approximate surface area is 182 Å². The van der Waals surface area contributed by atoms with Crippen molar-refractivity contribution < 1.29 is 19.0 Å². The molecule has 31 heavy (non-hydrogen) atoms. The van der Waals surface area contributed by atoms with E-state index in [1.165, 1.54) is 17.9 Å². The van der Waals surface area contributed by atoms with Gasteiger partial charge in [-0.25, -0.2) is 4.79 Å². The van der Waals surface area contributed by atoms with Crippen LogP contribution in [0.2, 0.25) is 0 Å². The summed E-state index contributed by atoms with van der Waals surface area (Å²) in [6, 6.07) is 27.8. The van der Waals surface area contributed by atoms with Crippen LogP contribution in [-0.4, -0.2) is 13.1 Å². The largest absolute Gasteiger partial charge is 0.489 e. The summed E-state index contributed by atoms with van der Waals surface area (Å²) in [6.45, 7) is 2.62. The molecule has 0 saturated carbocycles. The number of esters is 1.